The molecule has 24 heavy (non-hydrogen) atoms. The van der Waals surface area contributed by atoms with Crippen LogP contribution in [-0.2, 0) is 52.7 Å². The van der Waals surface area contributed by atoms with Gasteiger partial charge in [0.15, 0.2) is 0 Å². The Morgan fingerprint density at radius 1 is 0.708 bits per heavy atom. The number of unbranched alkanes of at least 4 members (excludes halogenated alkanes) is 1. The molecule has 0 saturated carbocycles. The molecule has 0 aromatic heterocycles. The van der Waals surface area contributed by atoms with Crippen LogP contribution in [0.5, 0.6) is 0 Å². The van der Waals surface area contributed by atoms with E-state index in [-0.39, 0.29) is 34.1 Å². The van der Waals surface area contributed by atoms with Gasteiger partial charge in [-0.1, -0.05) is 0 Å². The molecule has 6 heteroatoms. The maximum Gasteiger partial charge on any atom is 0 e. The van der Waals surface area contributed by atoms with Crippen molar-refractivity contribution >= 4 is 0 Å². The van der Waals surface area contributed by atoms with Crippen LogP contribution < -0.4 is 0 Å². The molecule has 4 nitrogen and oxygen atoms in total. The van der Waals surface area contributed by atoms with Gasteiger partial charge in [-0.25, -0.2) is 25.0 Å². The molecule has 0 unspecified atom stereocenters. The monoisotopic (exact) mass is 406 g/mol. The largest absolute Gasteiger partial charge is 0.999 e. The summed E-state index contributed by atoms with van der Waals surface area (Å²) in [5, 5.41) is 0. The molecule has 0 N–H and O–H groups in total. The Hall–Kier alpha value is -1.30. The first-order valence-corrected chi connectivity index (χ1v) is 5.31. The van der Waals surface area contributed by atoms with Gasteiger partial charge in [0.1, 0.15) is 0 Å². The summed E-state index contributed by atoms with van der Waals surface area (Å²) in [6.07, 6.45) is 1.92. The molecular weight excluding hydrogens is 392 g/mol. The summed E-state index contributed by atoms with van der Waals surface area (Å²) in [5.41, 5.74) is 0. The molecule has 0 aliphatic carbocycles. The van der Waals surface area contributed by atoms with E-state index < -0.39 is 0 Å². The molecule has 0 atom stereocenters. The molecule has 0 fully saturated rings. The van der Waals surface area contributed by atoms with Crippen LogP contribution in [0.25, 0.3) is 0 Å². The normalized spacial score (nSPS) is 4.92. The van der Waals surface area contributed by atoms with Crippen molar-refractivity contribution in [1.29, 1.82) is 0 Å². The minimum absolute atomic E-state index is 0. The molecule has 0 radical (unpaired) electrons. The summed E-state index contributed by atoms with van der Waals surface area (Å²) in [4.78, 5) is 0. The number of hydrogen-bond donors (Lipinski definition) is 0. The Morgan fingerprint density at radius 2 is 1.00 bits per heavy atom. The summed E-state index contributed by atoms with van der Waals surface area (Å²) in [6, 6.07) is 22.0. The minimum atomic E-state index is 0. The minimum Gasteiger partial charge on any atom is -0.999 e. The van der Waals surface area contributed by atoms with E-state index in [1.54, 1.807) is 6.07 Å². The molecule has 0 bridgehead atoms. The first-order chi connectivity index (χ1) is 10.9. The molecule has 0 amide bonds. The predicted octanol–water partition coefficient (Wildman–Crippen LogP) is 3.29. The van der Waals surface area contributed by atoms with Crippen LogP contribution in [0.15, 0.2) is 36.4 Å². The predicted molar refractivity (Wildman–Crippen MR) is 75.1 cm³/mol. The zero-order valence-electron chi connectivity index (χ0n) is 12.6. The molecule has 134 valence electrons. The maximum atomic E-state index is 7.50. The van der Waals surface area contributed by atoms with E-state index in [9.17, 15) is 0 Å². The summed E-state index contributed by atoms with van der Waals surface area (Å²) in [6.45, 7) is 25.1. The van der Waals surface area contributed by atoms with E-state index >= 15 is 0 Å². The van der Waals surface area contributed by atoms with Gasteiger partial charge in [0.05, 0.1) is 0 Å². The first-order valence-electron chi connectivity index (χ1n) is 5.31. The molecule has 0 aliphatic rings. The van der Waals surface area contributed by atoms with Gasteiger partial charge in [-0.05, 0) is 0 Å². The molecule has 0 spiro atoms. The quantitative estimate of drug-likeness (QED) is 0.396. The van der Waals surface area contributed by atoms with Gasteiger partial charge < -0.3 is 44.2 Å². The van der Waals surface area contributed by atoms with Gasteiger partial charge in [0.2, 0.25) is 0 Å². The smallest absolute Gasteiger partial charge is 0 e. The summed E-state index contributed by atoms with van der Waals surface area (Å²) >= 11 is 0. The standard InChI is InChI=1S/C5H5.C5H.C4H8.4CO.2Fe/c2*1-2-4-5-3-1;1-3-4-2;4*1-2;;/h1-5H;1H;1-4H2;;;;;;/q-1;-5;-2;;;;;;. The summed E-state index contributed by atoms with van der Waals surface area (Å²) < 4.78 is 30.0. The van der Waals surface area contributed by atoms with Gasteiger partial charge in [-0.3, -0.25) is 0 Å². The zero-order chi connectivity index (χ0) is 18.5. The van der Waals surface area contributed by atoms with Crippen molar-refractivity contribution in [2.75, 3.05) is 0 Å². The number of hydrogen-bond acceptors (Lipinski definition) is 0. The second-order valence-corrected chi connectivity index (χ2v) is 2.35. The second kappa shape index (κ2) is 81.2. The molecule has 2 aromatic carbocycles. The van der Waals surface area contributed by atoms with Gasteiger partial charge in [-0.15, -0.1) is 0 Å². The van der Waals surface area contributed by atoms with Crippen LogP contribution in [0.1, 0.15) is 12.8 Å². The molecule has 0 heterocycles. The fraction of sp³-hybridized carbons (Fsp3) is 0.111. The van der Waals surface area contributed by atoms with Crippen LogP contribution >= 0.6 is 0 Å². The van der Waals surface area contributed by atoms with Crippen LogP contribution in [0, 0.1) is 64.7 Å². The Labute approximate surface area is 166 Å². The van der Waals surface area contributed by atoms with E-state index in [0.29, 0.717) is 0 Å². The van der Waals surface area contributed by atoms with Crippen LogP contribution in [-0.4, -0.2) is 0 Å². The van der Waals surface area contributed by atoms with Crippen molar-refractivity contribution in [2.24, 2.45) is 0 Å². The van der Waals surface area contributed by atoms with Gasteiger partial charge in [0, 0.05) is 34.1 Å². The van der Waals surface area contributed by atoms with E-state index in [2.05, 4.69) is 64.7 Å². The summed E-state index contributed by atoms with van der Waals surface area (Å²) in [5.74, 6) is 0. The molecule has 2 rings (SSSR count). The van der Waals surface area contributed by atoms with Crippen LogP contribution in [0.2, 0.25) is 0 Å². The van der Waals surface area contributed by atoms with Crippen molar-refractivity contribution < 1.29 is 52.7 Å². The van der Waals surface area contributed by atoms with Crippen LogP contribution in [0.3, 0.4) is 0 Å². The molecular formula is C18H14Fe2O4-8. The second-order valence-electron chi connectivity index (χ2n) is 2.35. The third-order valence-electron chi connectivity index (χ3n) is 1.16. The molecule has 0 aliphatic heterocycles. The first kappa shape index (κ1) is 43.4. The van der Waals surface area contributed by atoms with Crippen LogP contribution in [0.4, 0.5) is 0 Å². The van der Waals surface area contributed by atoms with Crippen molar-refractivity contribution in [2.45, 2.75) is 12.8 Å². The van der Waals surface area contributed by atoms with E-state index in [4.69, 9.17) is 18.6 Å². The van der Waals surface area contributed by atoms with Crippen molar-refractivity contribution in [1.82, 2.24) is 0 Å². The van der Waals surface area contributed by atoms with Gasteiger partial charge in [-0.2, -0.15) is 18.2 Å². The van der Waals surface area contributed by atoms with Crippen molar-refractivity contribution in [3.05, 3.63) is 101 Å². The Kier molecular flexibility index (Phi) is 147. The molecule has 2 aromatic rings. The third-order valence-corrected chi connectivity index (χ3v) is 1.16. The maximum absolute atomic E-state index is 7.50. The zero-order valence-corrected chi connectivity index (χ0v) is 14.8. The van der Waals surface area contributed by atoms with E-state index in [1.807, 2.05) is 30.3 Å². The fourth-order valence-electron chi connectivity index (χ4n) is 0.501. The summed E-state index contributed by atoms with van der Waals surface area (Å²) in [7, 11) is 0. The van der Waals surface area contributed by atoms with Crippen molar-refractivity contribution in [3.63, 3.8) is 0 Å². The van der Waals surface area contributed by atoms with Gasteiger partial charge >= 0.3 is 45.2 Å². The van der Waals surface area contributed by atoms with E-state index in [1.165, 1.54) is 0 Å². The topological polar surface area (TPSA) is 79.6 Å². The van der Waals surface area contributed by atoms with Crippen molar-refractivity contribution in [3.8, 4) is 0 Å². The Morgan fingerprint density at radius 3 is 1.08 bits per heavy atom. The van der Waals surface area contributed by atoms with Gasteiger partial charge in [0.25, 0.3) is 0 Å². The molecule has 0 saturated heterocycles. The Balaban J connectivity index is -0.0000000292. The average Bonchev–Trinajstić information content (AvgIpc) is 3.40. The Bertz CT molecular complexity index is 301. The average molecular weight is 406 g/mol. The number of rotatable bonds is 1. The van der Waals surface area contributed by atoms with E-state index in [0.717, 1.165) is 12.8 Å². The SMILES string of the molecule is [C-]#[O+].[C-]#[O+].[C-]#[O+].[C-]#[O+].[CH2-]CC[CH2-].[Fe].[Fe].[c-]1[c-][c-][cH-][c-]1.c1cc[cH-]c1. The third kappa shape index (κ3) is 85.4. The fourth-order valence-corrected chi connectivity index (χ4v) is 0.501.